The molecule has 0 saturated heterocycles. The van der Waals surface area contributed by atoms with Crippen LogP contribution >= 0.6 is 11.6 Å². The Morgan fingerprint density at radius 1 is 1.40 bits per heavy atom. The minimum absolute atomic E-state index is 0.205. The first-order valence-electron chi connectivity index (χ1n) is 3.25. The minimum atomic E-state index is -0.205. The third kappa shape index (κ3) is 0.778. The van der Waals surface area contributed by atoms with Gasteiger partial charge in [-0.3, -0.25) is 9.89 Å². The van der Waals surface area contributed by atoms with E-state index in [2.05, 4.69) is 10.2 Å². The van der Waals surface area contributed by atoms with Gasteiger partial charge < -0.3 is 5.10 Å². The summed E-state index contributed by atoms with van der Waals surface area (Å²) >= 11 is 5.67. The summed E-state index contributed by atoms with van der Waals surface area (Å²) in [6.07, 6.45) is 2.29. The van der Waals surface area contributed by atoms with Gasteiger partial charge >= 0.3 is 0 Å². The van der Waals surface area contributed by atoms with Gasteiger partial charge in [-0.15, -0.1) is 0 Å². The van der Waals surface area contributed by atoms with Crippen LogP contribution in [0.2, 0.25) is 5.02 Å². The van der Waals surface area contributed by atoms with E-state index in [4.69, 9.17) is 11.6 Å². The number of nitrogens with one attached hydrogen (secondary N) is 2. The molecule has 10 heavy (non-hydrogen) atoms. The summed E-state index contributed by atoms with van der Waals surface area (Å²) in [5, 5.41) is 5.55. The summed E-state index contributed by atoms with van der Waals surface area (Å²) in [4.78, 5) is 10.8. The van der Waals surface area contributed by atoms with E-state index in [1.807, 2.05) is 0 Å². The number of hydrogen-bond acceptors (Lipinski definition) is 1. The topological polar surface area (TPSA) is 48.6 Å². The van der Waals surface area contributed by atoms with E-state index < -0.39 is 0 Å². The van der Waals surface area contributed by atoms with Crippen molar-refractivity contribution in [2.75, 3.05) is 0 Å². The van der Waals surface area contributed by atoms with Gasteiger partial charge in [0.1, 0.15) is 5.02 Å². The summed E-state index contributed by atoms with van der Waals surface area (Å²) in [5.41, 5.74) is 0.676. The van der Waals surface area contributed by atoms with E-state index in [-0.39, 0.29) is 5.56 Å². The Hall–Kier alpha value is -0.700. The molecule has 0 aromatic carbocycles. The SMILES string of the molecule is O=c1[nH][nH]c(C2CC2)c1Cl. The van der Waals surface area contributed by atoms with Crippen LogP contribution in [0.3, 0.4) is 0 Å². The van der Waals surface area contributed by atoms with Crippen LogP contribution in [-0.4, -0.2) is 10.2 Å². The molecule has 3 nitrogen and oxygen atoms in total. The van der Waals surface area contributed by atoms with Gasteiger partial charge in [0.2, 0.25) is 0 Å². The first-order valence-corrected chi connectivity index (χ1v) is 3.63. The third-order valence-corrected chi connectivity index (χ3v) is 2.11. The number of aromatic nitrogens is 2. The first-order chi connectivity index (χ1) is 4.79. The fourth-order valence-corrected chi connectivity index (χ4v) is 1.26. The Bertz CT molecular complexity index is 297. The third-order valence-electron chi connectivity index (χ3n) is 1.73. The smallest absolute Gasteiger partial charge is 0.282 e. The lowest BCUT2D eigenvalue weighted by molar-refractivity contribution is 0.956. The maximum absolute atomic E-state index is 10.8. The zero-order chi connectivity index (χ0) is 7.14. The van der Waals surface area contributed by atoms with Gasteiger partial charge in [-0.2, -0.15) is 0 Å². The van der Waals surface area contributed by atoms with E-state index >= 15 is 0 Å². The monoisotopic (exact) mass is 158 g/mol. The maximum atomic E-state index is 10.8. The van der Waals surface area contributed by atoms with Gasteiger partial charge in [0.05, 0.1) is 5.69 Å². The van der Waals surface area contributed by atoms with Crippen molar-refractivity contribution in [2.45, 2.75) is 18.8 Å². The highest BCUT2D eigenvalue weighted by atomic mass is 35.5. The molecule has 2 rings (SSSR count). The Kier molecular flexibility index (Phi) is 1.14. The Morgan fingerprint density at radius 3 is 2.50 bits per heavy atom. The Labute approximate surface area is 62.4 Å². The van der Waals surface area contributed by atoms with Crippen LogP contribution in [-0.2, 0) is 0 Å². The van der Waals surface area contributed by atoms with E-state index in [9.17, 15) is 4.79 Å². The van der Waals surface area contributed by atoms with E-state index in [1.165, 1.54) is 0 Å². The average Bonchev–Trinajstić information content (AvgIpc) is 2.67. The fourth-order valence-electron chi connectivity index (χ4n) is 1.01. The number of aromatic amines is 2. The normalized spacial score (nSPS) is 17.7. The van der Waals surface area contributed by atoms with Gasteiger partial charge in [0.25, 0.3) is 5.56 Å². The van der Waals surface area contributed by atoms with Gasteiger partial charge in [-0.05, 0) is 12.8 Å². The van der Waals surface area contributed by atoms with E-state index in [0.29, 0.717) is 10.9 Å². The number of halogens is 1. The highest BCUT2D eigenvalue weighted by Crippen LogP contribution is 2.40. The van der Waals surface area contributed by atoms with E-state index in [0.717, 1.165) is 18.5 Å². The second kappa shape index (κ2) is 1.89. The predicted octanol–water partition coefficient (Wildman–Crippen LogP) is 1.23. The second-order valence-electron chi connectivity index (χ2n) is 2.58. The van der Waals surface area contributed by atoms with Gasteiger partial charge in [-0.25, -0.2) is 0 Å². The van der Waals surface area contributed by atoms with Crippen molar-refractivity contribution >= 4 is 11.6 Å². The van der Waals surface area contributed by atoms with Gasteiger partial charge in [0.15, 0.2) is 0 Å². The molecular formula is C6H7ClN2O. The fraction of sp³-hybridized carbons (Fsp3) is 0.500. The largest absolute Gasteiger partial charge is 0.300 e. The molecular weight excluding hydrogens is 152 g/mol. The minimum Gasteiger partial charge on any atom is -0.300 e. The molecule has 54 valence electrons. The Morgan fingerprint density at radius 2 is 2.10 bits per heavy atom. The molecule has 1 aromatic heterocycles. The lowest BCUT2D eigenvalue weighted by atomic mass is 10.3. The van der Waals surface area contributed by atoms with Crippen molar-refractivity contribution in [3.05, 3.63) is 21.1 Å². The molecule has 2 N–H and O–H groups in total. The molecule has 1 aromatic rings. The molecule has 1 saturated carbocycles. The molecule has 0 aliphatic heterocycles. The lowest BCUT2D eigenvalue weighted by Crippen LogP contribution is -1.97. The van der Waals surface area contributed by atoms with Gasteiger partial charge in [-0.1, -0.05) is 11.6 Å². The second-order valence-corrected chi connectivity index (χ2v) is 2.96. The van der Waals surface area contributed by atoms with Crippen molar-refractivity contribution in [1.29, 1.82) is 0 Å². The average molecular weight is 159 g/mol. The lowest BCUT2D eigenvalue weighted by Gasteiger charge is -1.87. The molecule has 0 amide bonds. The molecule has 1 aliphatic carbocycles. The number of rotatable bonds is 1. The van der Waals surface area contributed by atoms with Crippen molar-refractivity contribution in [3.8, 4) is 0 Å². The predicted molar refractivity (Wildman–Crippen MR) is 38.4 cm³/mol. The van der Waals surface area contributed by atoms with Crippen molar-refractivity contribution in [1.82, 2.24) is 10.2 Å². The molecule has 0 radical (unpaired) electrons. The summed E-state index contributed by atoms with van der Waals surface area (Å²) in [7, 11) is 0. The maximum Gasteiger partial charge on any atom is 0.282 e. The first kappa shape index (κ1) is 6.04. The van der Waals surface area contributed by atoms with Crippen LogP contribution in [0.25, 0.3) is 0 Å². The van der Waals surface area contributed by atoms with Crippen molar-refractivity contribution in [3.63, 3.8) is 0 Å². The summed E-state index contributed by atoms with van der Waals surface area (Å²) in [6, 6.07) is 0. The van der Waals surface area contributed by atoms with Crippen LogP contribution in [0.1, 0.15) is 24.5 Å². The standard InChI is InChI=1S/C6H7ClN2O/c7-4-5(3-1-2-3)8-9-6(4)10/h3H,1-2H2,(H2,8,9,10). The Balaban J connectivity index is 2.49. The molecule has 0 unspecified atom stereocenters. The molecule has 0 spiro atoms. The molecule has 1 heterocycles. The number of H-pyrrole nitrogens is 2. The highest BCUT2D eigenvalue weighted by molar-refractivity contribution is 6.31. The highest BCUT2D eigenvalue weighted by Gasteiger charge is 2.28. The quantitative estimate of drug-likeness (QED) is 0.635. The van der Waals surface area contributed by atoms with Crippen LogP contribution in [0.15, 0.2) is 4.79 Å². The molecule has 4 heteroatoms. The summed E-state index contributed by atoms with van der Waals surface area (Å²) < 4.78 is 0. The van der Waals surface area contributed by atoms with Crippen molar-refractivity contribution < 1.29 is 0 Å². The summed E-state index contributed by atoms with van der Waals surface area (Å²) in [5.74, 6) is 0.506. The van der Waals surface area contributed by atoms with Crippen molar-refractivity contribution in [2.24, 2.45) is 0 Å². The van der Waals surface area contributed by atoms with Crippen LogP contribution in [0.5, 0.6) is 0 Å². The van der Waals surface area contributed by atoms with E-state index in [1.54, 1.807) is 0 Å². The molecule has 1 fully saturated rings. The van der Waals surface area contributed by atoms with Crippen LogP contribution in [0, 0.1) is 0 Å². The molecule has 0 bridgehead atoms. The molecule has 0 atom stereocenters. The van der Waals surface area contributed by atoms with Crippen LogP contribution < -0.4 is 5.56 Å². The van der Waals surface area contributed by atoms with Gasteiger partial charge in [0, 0.05) is 5.92 Å². The molecule has 1 aliphatic rings. The number of hydrogen-bond donors (Lipinski definition) is 2. The van der Waals surface area contributed by atoms with Crippen LogP contribution in [0.4, 0.5) is 0 Å². The zero-order valence-corrected chi connectivity index (χ0v) is 6.03. The summed E-state index contributed by atoms with van der Waals surface area (Å²) in [6.45, 7) is 0. The zero-order valence-electron chi connectivity index (χ0n) is 5.28.